The van der Waals surface area contributed by atoms with Crippen molar-refractivity contribution >= 4 is 17.2 Å². The fourth-order valence-corrected chi connectivity index (χ4v) is 1.85. The van der Waals surface area contributed by atoms with Crippen molar-refractivity contribution < 1.29 is 9.63 Å². The van der Waals surface area contributed by atoms with Crippen molar-refractivity contribution in [2.75, 3.05) is 0 Å². The number of thiophene rings is 1. The van der Waals surface area contributed by atoms with Gasteiger partial charge in [0.1, 0.15) is 0 Å². The number of nitrogens with one attached hydrogen (secondary N) is 1. The molecule has 3 nitrogen and oxygen atoms in total. The Morgan fingerprint density at radius 1 is 1.40 bits per heavy atom. The van der Waals surface area contributed by atoms with Crippen LogP contribution in [0.15, 0.2) is 6.07 Å². The van der Waals surface area contributed by atoms with E-state index in [1.807, 2.05) is 40.7 Å². The van der Waals surface area contributed by atoms with Gasteiger partial charge in [0.2, 0.25) is 0 Å². The first-order valence-corrected chi connectivity index (χ1v) is 5.66. The van der Waals surface area contributed by atoms with Gasteiger partial charge in [0, 0.05) is 4.88 Å². The van der Waals surface area contributed by atoms with E-state index in [-0.39, 0.29) is 11.5 Å². The molecule has 1 N–H and O–H groups in total. The SMILES string of the molecule is Cc1cc(C(=O)NOC(C)(C)C)sc1C. The number of rotatable bonds is 2. The fourth-order valence-electron chi connectivity index (χ4n) is 0.935. The van der Waals surface area contributed by atoms with Gasteiger partial charge in [-0.3, -0.25) is 9.63 Å². The second-order valence-corrected chi connectivity index (χ2v) is 5.75. The Balaban J connectivity index is 2.62. The van der Waals surface area contributed by atoms with E-state index in [2.05, 4.69) is 5.48 Å². The molecule has 84 valence electrons. The van der Waals surface area contributed by atoms with Gasteiger partial charge < -0.3 is 0 Å². The molecule has 1 amide bonds. The molecule has 1 aromatic rings. The van der Waals surface area contributed by atoms with Crippen LogP contribution in [-0.2, 0) is 4.84 Å². The van der Waals surface area contributed by atoms with Crippen LogP contribution in [0.25, 0.3) is 0 Å². The number of hydroxylamine groups is 1. The summed E-state index contributed by atoms with van der Waals surface area (Å²) in [6.07, 6.45) is 0. The molecular formula is C11H17NO2S. The van der Waals surface area contributed by atoms with Crippen LogP contribution in [0.4, 0.5) is 0 Å². The number of aryl methyl sites for hydroxylation is 2. The zero-order valence-electron chi connectivity index (χ0n) is 9.80. The Morgan fingerprint density at radius 2 is 2.00 bits per heavy atom. The molecule has 1 rings (SSSR count). The first-order valence-electron chi connectivity index (χ1n) is 4.85. The van der Waals surface area contributed by atoms with Crippen molar-refractivity contribution in [1.82, 2.24) is 5.48 Å². The van der Waals surface area contributed by atoms with Gasteiger partial charge in [-0.2, -0.15) is 0 Å². The summed E-state index contributed by atoms with van der Waals surface area (Å²) in [4.78, 5) is 18.7. The Labute approximate surface area is 94.4 Å². The molecular weight excluding hydrogens is 210 g/mol. The quantitative estimate of drug-likeness (QED) is 0.789. The first kappa shape index (κ1) is 12.2. The molecule has 0 saturated carbocycles. The van der Waals surface area contributed by atoms with Gasteiger partial charge in [-0.15, -0.1) is 11.3 Å². The highest BCUT2D eigenvalue weighted by Gasteiger charge is 2.15. The van der Waals surface area contributed by atoms with E-state index in [4.69, 9.17) is 4.84 Å². The highest BCUT2D eigenvalue weighted by molar-refractivity contribution is 7.14. The van der Waals surface area contributed by atoms with E-state index in [0.29, 0.717) is 4.88 Å². The number of carbonyl (C=O) groups excluding carboxylic acids is 1. The first-order chi connectivity index (χ1) is 6.79. The maximum atomic E-state index is 11.6. The minimum atomic E-state index is -0.364. The summed E-state index contributed by atoms with van der Waals surface area (Å²) in [5.41, 5.74) is 3.23. The van der Waals surface area contributed by atoms with Gasteiger partial charge in [0.05, 0.1) is 10.5 Å². The zero-order chi connectivity index (χ0) is 11.6. The fraction of sp³-hybridized carbons (Fsp3) is 0.545. The largest absolute Gasteiger partial charge is 0.284 e. The van der Waals surface area contributed by atoms with Crippen molar-refractivity contribution in [3.05, 3.63) is 21.4 Å². The van der Waals surface area contributed by atoms with Crippen LogP contribution in [0, 0.1) is 13.8 Å². The van der Waals surface area contributed by atoms with E-state index in [0.717, 1.165) is 10.4 Å². The summed E-state index contributed by atoms with van der Waals surface area (Å²) < 4.78 is 0. The number of hydrogen-bond donors (Lipinski definition) is 1. The molecule has 0 saturated heterocycles. The number of amides is 1. The molecule has 0 spiro atoms. The summed E-state index contributed by atoms with van der Waals surface area (Å²) >= 11 is 1.48. The van der Waals surface area contributed by atoms with Crippen LogP contribution >= 0.6 is 11.3 Å². The molecule has 15 heavy (non-hydrogen) atoms. The molecule has 0 aliphatic heterocycles. The normalized spacial score (nSPS) is 11.5. The second-order valence-electron chi connectivity index (χ2n) is 4.50. The third-order valence-corrected chi connectivity index (χ3v) is 2.99. The van der Waals surface area contributed by atoms with Crippen LogP contribution in [0.3, 0.4) is 0 Å². The highest BCUT2D eigenvalue weighted by Crippen LogP contribution is 2.20. The monoisotopic (exact) mass is 227 g/mol. The Hall–Kier alpha value is -0.870. The summed E-state index contributed by atoms with van der Waals surface area (Å²) in [5, 5.41) is 0. The zero-order valence-corrected chi connectivity index (χ0v) is 10.6. The Bertz CT molecular complexity index is 344. The third-order valence-electron chi connectivity index (χ3n) is 1.84. The smallest absolute Gasteiger partial charge is 0.268 e. The predicted molar refractivity (Wildman–Crippen MR) is 62.1 cm³/mol. The average molecular weight is 227 g/mol. The lowest BCUT2D eigenvalue weighted by Gasteiger charge is -2.18. The maximum absolute atomic E-state index is 11.6. The van der Waals surface area contributed by atoms with Crippen molar-refractivity contribution in [3.8, 4) is 0 Å². The molecule has 4 heteroatoms. The summed E-state index contributed by atoms with van der Waals surface area (Å²) in [5.74, 6) is -0.175. The lowest BCUT2D eigenvalue weighted by Crippen LogP contribution is -2.33. The maximum Gasteiger partial charge on any atom is 0.284 e. The van der Waals surface area contributed by atoms with Gasteiger partial charge in [-0.05, 0) is 46.2 Å². The topological polar surface area (TPSA) is 38.3 Å². The number of hydrogen-bond acceptors (Lipinski definition) is 3. The van der Waals surface area contributed by atoms with Crippen LogP contribution in [0.5, 0.6) is 0 Å². The number of carbonyl (C=O) groups is 1. The van der Waals surface area contributed by atoms with E-state index < -0.39 is 0 Å². The molecule has 0 aromatic carbocycles. The van der Waals surface area contributed by atoms with Crippen molar-refractivity contribution in [3.63, 3.8) is 0 Å². The summed E-state index contributed by atoms with van der Waals surface area (Å²) in [7, 11) is 0. The molecule has 0 aliphatic rings. The molecule has 0 atom stereocenters. The van der Waals surface area contributed by atoms with E-state index in [1.54, 1.807) is 0 Å². The third kappa shape index (κ3) is 3.64. The predicted octanol–water partition coefficient (Wildman–Crippen LogP) is 2.82. The van der Waals surface area contributed by atoms with Crippen molar-refractivity contribution in [2.45, 2.75) is 40.2 Å². The van der Waals surface area contributed by atoms with Gasteiger partial charge in [0.15, 0.2) is 0 Å². The van der Waals surface area contributed by atoms with Gasteiger partial charge >= 0.3 is 0 Å². The molecule has 1 heterocycles. The summed E-state index contributed by atoms with van der Waals surface area (Å²) in [6.45, 7) is 9.66. The molecule has 0 bridgehead atoms. The van der Waals surface area contributed by atoms with Gasteiger partial charge in [0.25, 0.3) is 5.91 Å². The molecule has 0 unspecified atom stereocenters. The van der Waals surface area contributed by atoms with Crippen LogP contribution in [0.2, 0.25) is 0 Å². The minimum Gasteiger partial charge on any atom is -0.268 e. The Morgan fingerprint density at radius 3 is 2.40 bits per heavy atom. The minimum absolute atomic E-state index is 0.175. The van der Waals surface area contributed by atoms with E-state index in [1.165, 1.54) is 11.3 Å². The van der Waals surface area contributed by atoms with Crippen LogP contribution in [0.1, 0.15) is 40.9 Å². The Kier molecular flexibility index (Phi) is 3.52. The molecule has 0 aliphatic carbocycles. The molecule has 0 fully saturated rings. The van der Waals surface area contributed by atoms with Crippen molar-refractivity contribution in [2.24, 2.45) is 0 Å². The summed E-state index contributed by atoms with van der Waals surface area (Å²) in [6, 6.07) is 1.88. The van der Waals surface area contributed by atoms with E-state index >= 15 is 0 Å². The van der Waals surface area contributed by atoms with Gasteiger partial charge in [-0.1, -0.05) is 0 Å². The lowest BCUT2D eigenvalue weighted by atomic mass is 10.2. The molecule has 0 radical (unpaired) electrons. The lowest BCUT2D eigenvalue weighted by molar-refractivity contribution is -0.0588. The standard InChI is InChI=1S/C11H17NO2S/c1-7-6-9(15-8(7)2)10(13)12-14-11(3,4)5/h6H,1-5H3,(H,12,13). The van der Waals surface area contributed by atoms with Crippen LogP contribution in [-0.4, -0.2) is 11.5 Å². The molecule has 1 aromatic heterocycles. The van der Waals surface area contributed by atoms with Gasteiger partial charge in [-0.25, -0.2) is 5.48 Å². The van der Waals surface area contributed by atoms with Crippen molar-refractivity contribution in [1.29, 1.82) is 0 Å². The second kappa shape index (κ2) is 4.33. The average Bonchev–Trinajstić information content (AvgIpc) is 2.42. The van der Waals surface area contributed by atoms with E-state index in [9.17, 15) is 4.79 Å². The highest BCUT2D eigenvalue weighted by atomic mass is 32.1. The van der Waals surface area contributed by atoms with Crippen LogP contribution < -0.4 is 5.48 Å².